The summed E-state index contributed by atoms with van der Waals surface area (Å²) >= 11 is 1.12. The van der Waals surface area contributed by atoms with Crippen molar-refractivity contribution >= 4 is 23.4 Å². The van der Waals surface area contributed by atoms with Gasteiger partial charge in [0.1, 0.15) is 12.4 Å². The number of amides is 1. The highest BCUT2D eigenvalue weighted by molar-refractivity contribution is 7.99. The second-order valence-corrected chi connectivity index (χ2v) is 8.06. The number of rotatable bonds is 9. The summed E-state index contributed by atoms with van der Waals surface area (Å²) < 4.78 is 51.5. The molecule has 11 heteroatoms. The number of halogens is 3. The first-order valence-electron chi connectivity index (χ1n) is 9.91. The van der Waals surface area contributed by atoms with Crippen LogP contribution in [0.15, 0.2) is 47.6 Å². The van der Waals surface area contributed by atoms with Gasteiger partial charge in [0.25, 0.3) is 0 Å². The zero-order valence-corrected chi connectivity index (χ0v) is 19.1. The maximum Gasteiger partial charge on any atom is 0.416 e. The molecule has 0 saturated carbocycles. The Bertz CT molecular complexity index is 1100. The van der Waals surface area contributed by atoms with Gasteiger partial charge >= 0.3 is 6.18 Å². The summed E-state index contributed by atoms with van der Waals surface area (Å²) in [6.45, 7) is 2.36. The Morgan fingerprint density at radius 3 is 2.52 bits per heavy atom. The number of nitrogens with one attached hydrogen (secondary N) is 1. The average molecular weight is 481 g/mol. The molecule has 0 aliphatic carbocycles. The van der Waals surface area contributed by atoms with E-state index in [1.54, 1.807) is 11.6 Å². The van der Waals surface area contributed by atoms with Gasteiger partial charge in [-0.05, 0) is 25.1 Å². The second-order valence-electron chi connectivity index (χ2n) is 7.12. The zero-order valence-electron chi connectivity index (χ0n) is 18.3. The van der Waals surface area contributed by atoms with Crippen LogP contribution in [-0.2, 0) is 22.8 Å². The van der Waals surface area contributed by atoms with Gasteiger partial charge in [0, 0.05) is 19.7 Å². The van der Waals surface area contributed by atoms with Gasteiger partial charge in [-0.2, -0.15) is 13.2 Å². The van der Waals surface area contributed by atoms with Gasteiger partial charge in [-0.25, -0.2) is 0 Å². The summed E-state index contributed by atoms with van der Waals surface area (Å²) in [5.74, 6) is 0.187. The van der Waals surface area contributed by atoms with Crippen molar-refractivity contribution in [3.05, 3.63) is 53.6 Å². The van der Waals surface area contributed by atoms with Crippen LogP contribution in [0.3, 0.4) is 0 Å². The van der Waals surface area contributed by atoms with Crippen molar-refractivity contribution < 1.29 is 27.4 Å². The SMILES string of the molecule is COCCOc1ccc(C(F)(F)F)cc1NC(=O)CSc1nnc(-c2ccc(C)cc2)n1C. The van der Waals surface area contributed by atoms with E-state index in [9.17, 15) is 18.0 Å². The molecule has 2 aromatic carbocycles. The number of anilines is 1. The average Bonchev–Trinajstić information content (AvgIpc) is 3.13. The largest absolute Gasteiger partial charge is 0.489 e. The lowest BCUT2D eigenvalue weighted by molar-refractivity contribution is -0.137. The van der Waals surface area contributed by atoms with Crippen molar-refractivity contribution in [1.29, 1.82) is 0 Å². The quantitative estimate of drug-likeness (QED) is 0.357. The molecule has 0 unspecified atom stereocenters. The fourth-order valence-corrected chi connectivity index (χ4v) is 3.59. The van der Waals surface area contributed by atoms with Crippen LogP contribution in [0.5, 0.6) is 5.75 Å². The lowest BCUT2D eigenvalue weighted by Gasteiger charge is -2.15. The van der Waals surface area contributed by atoms with E-state index in [4.69, 9.17) is 9.47 Å². The molecule has 0 aliphatic heterocycles. The van der Waals surface area contributed by atoms with Crippen LogP contribution in [0.4, 0.5) is 18.9 Å². The van der Waals surface area contributed by atoms with Crippen LogP contribution in [0.25, 0.3) is 11.4 Å². The Balaban J connectivity index is 1.69. The number of carbonyl (C=O) groups excluding carboxylic acids is 1. The third kappa shape index (κ3) is 6.48. The molecule has 1 N–H and O–H groups in total. The fourth-order valence-electron chi connectivity index (χ4n) is 2.88. The van der Waals surface area contributed by atoms with Gasteiger partial charge in [-0.3, -0.25) is 4.79 Å². The molecule has 0 atom stereocenters. The van der Waals surface area contributed by atoms with Crippen LogP contribution in [0.2, 0.25) is 0 Å². The number of alkyl halides is 3. The molecule has 1 aromatic heterocycles. The van der Waals surface area contributed by atoms with Gasteiger partial charge in [0.15, 0.2) is 11.0 Å². The molecule has 1 amide bonds. The number of nitrogens with zero attached hydrogens (tertiary/aromatic N) is 3. The molecule has 33 heavy (non-hydrogen) atoms. The minimum atomic E-state index is -4.55. The van der Waals surface area contributed by atoms with Gasteiger partial charge in [-0.15, -0.1) is 10.2 Å². The first-order chi connectivity index (χ1) is 15.7. The number of benzene rings is 2. The maximum absolute atomic E-state index is 13.1. The first kappa shape index (κ1) is 24.6. The van der Waals surface area contributed by atoms with E-state index in [2.05, 4.69) is 15.5 Å². The molecule has 1 heterocycles. The summed E-state index contributed by atoms with van der Waals surface area (Å²) in [7, 11) is 3.26. The Morgan fingerprint density at radius 2 is 1.85 bits per heavy atom. The maximum atomic E-state index is 13.1. The van der Waals surface area contributed by atoms with Crippen LogP contribution < -0.4 is 10.1 Å². The lowest BCUT2D eigenvalue weighted by atomic mass is 10.1. The molecule has 3 rings (SSSR count). The highest BCUT2D eigenvalue weighted by atomic mass is 32.2. The smallest absolute Gasteiger partial charge is 0.416 e. The normalized spacial score (nSPS) is 11.5. The van der Waals surface area contributed by atoms with E-state index >= 15 is 0 Å². The van der Waals surface area contributed by atoms with Crippen LogP contribution in [0.1, 0.15) is 11.1 Å². The number of hydrogen-bond acceptors (Lipinski definition) is 6. The predicted octanol–water partition coefficient (Wildman–Crippen LogP) is 4.57. The monoisotopic (exact) mass is 480 g/mol. The third-order valence-corrected chi connectivity index (χ3v) is 5.62. The van der Waals surface area contributed by atoms with Crippen molar-refractivity contribution in [2.75, 3.05) is 31.4 Å². The van der Waals surface area contributed by atoms with Gasteiger partial charge in [-0.1, -0.05) is 41.6 Å². The first-order valence-corrected chi connectivity index (χ1v) is 10.9. The highest BCUT2D eigenvalue weighted by Crippen LogP contribution is 2.35. The Labute approximate surface area is 193 Å². The molecule has 176 valence electrons. The van der Waals surface area contributed by atoms with Crippen molar-refractivity contribution in [2.24, 2.45) is 7.05 Å². The van der Waals surface area contributed by atoms with Crippen molar-refractivity contribution in [3.8, 4) is 17.1 Å². The van der Waals surface area contributed by atoms with Gasteiger partial charge < -0.3 is 19.4 Å². The molecular formula is C22H23F3N4O3S. The molecule has 3 aromatic rings. The van der Waals surface area contributed by atoms with E-state index < -0.39 is 17.6 Å². The van der Waals surface area contributed by atoms with Crippen molar-refractivity contribution in [1.82, 2.24) is 14.8 Å². The Morgan fingerprint density at radius 1 is 1.12 bits per heavy atom. The Hall–Kier alpha value is -3.05. The predicted molar refractivity (Wildman–Crippen MR) is 119 cm³/mol. The summed E-state index contributed by atoms with van der Waals surface area (Å²) in [6, 6.07) is 10.7. The number of aromatic nitrogens is 3. The molecule has 0 fully saturated rings. The van der Waals surface area contributed by atoms with Crippen molar-refractivity contribution in [2.45, 2.75) is 18.3 Å². The molecular weight excluding hydrogens is 457 g/mol. The molecule has 0 radical (unpaired) electrons. The Kier molecular flexibility index (Phi) is 7.98. The molecule has 0 spiro atoms. The van der Waals surface area contributed by atoms with E-state index in [1.165, 1.54) is 13.2 Å². The van der Waals surface area contributed by atoms with E-state index in [0.717, 1.165) is 35.0 Å². The minimum Gasteiger partial charge on any atom is -0.489 e. The van der Waals surface area contributed by atoms with E-state index in [-0.39, 0.29) is 30.4 Å². The third-order valence-electron chi connectivity index (χ3n) is 4.60. The lowest BCUT2D eigenvalue weighted by Crippen LogP contribution is -2.17. The second kappa shape index (κ2) is 10.7. The summed E-state index contributed by atoms with van der Waals surface area (Å²) in [5, 5.41) is 11.3. The van der Waals surface area contributed by atoms with E-state index in [0.29, 0.717) is 11.0 Å². The summed E-state index contributed by atoms with van der Waals surface area (Å²) in [5.41, 5.74) is 1.05. The molecule has 7 nitrogen and oxygen atoms in total. The van der Waals surface area contributed by atoms with E-state index in [1.807, 2.05) is 31.2 Å². The number of carbonyl (C=O) groups is 1. The number of methoxy groups -OCH3 is 1. The molecule has 0 saturated heterocycles. The highest BCUT2D eigenvalue weighted by Gasteiger charge is 2.31. The fraction of sp³-hybridized carbons (Fsp3) is 0.318. The van der Waals surface area contributed by atoms with Crippen LogP contribution >= 0.6 is 11.8 Å². The number of ether oxygens (including phenoxy) is 2. The van der Waals surface area contributed by atoms with Crippen LogP contribution in [-0.4, -0.2) is 46.7 Å². The summed E-state index contributed by atoms with van der Waals surface area (Å²) in [6.07, 6.45) is -4.55. The minimum absolute atomic E-state index is 0.0650. The number of aryl methyl sites for hydroxylation is 1. The number of hydrogen-bond donors (Lipinski definition) is 1. The molecule has 0 aliphatic rings. The molecule has 0 bridgehead atoms. The standard InChI is InChI=1S/C22H23F3N4O3S/c1-14-4-6-15(7-5-14)20-27-28-21(29(20)2)33-13-19(30)26-17-12-16(22(23,24)25)8-9-18(17)32-11-10-31-3/h4-9,12H,10-11,13H2,1-3H3,(H,26,30). The topological polar surface area (TPSA) is 78.3 Å². The van der Waals surface area contributed by atoms with Crippen molar-refractivity contribution in [3.63, 3.8) is 0 Å². The summed E-state index contributed by atoms with van der Waals surface area (Å²) in [4.78, 5) is 12.5. The van der Waals surface area contributed by atoms with Gasteiger partial charge in [0.05, 0.1) is 23.6 Å². The van der Waals surface area contributed by atoms with Gasteiger partial charge in [0.2, 0.25) is 5.91 Å². The van der Waals surface area contributed by atoms with Crippen LogP contribution in [0, 0.1) is 6.92 Å². The zero-order chi connectivity index (χ0) is 24.0. The number of thioether (sulfide) groups is 1.